The number of unbranched alkanes of at least 4 members (excludes halogenated alkanes) is 1. The molecule has 0 heterocycles. The van der Waals surface area contributed by atoms with E-state index in [0.29, 0.717) is 6.61 Å². The summed E-state index contributed by atoms with van der Waals surface area (Å²) in [6.07, 6.45) is 4.54. The van der Waals surface area contributed by atoms with Gasteiger partial charge in [-0.2, -0.15) is 0 Å². The van der Waals surface area contributed by atoms with E-state index >= 15 is 0 Å². The van der Waals surface area contributed by atoms with E-state index in [2.05, 4.69) is 6.92 Å². The summed E-state index contributed by atoms with van der Waals surface area (Å²) in [6.45, 7) is 4.27. The van der Waals surface area contributed by atoms with Gasteiger partial charge in [0, 0.05) is 25.2 Å². The third kappa shape index (κ3) is 2.93. The molecule has 2 nitrogen and oxygen atoms in total. The molecule has 1 radical (unpaired) electrons. The van der Waals surface area contributed by atoms with Gasteiger partial charge in [0.25, 0.3) is 0 Å². The molecule has 1 rings (SSSR count). The molecule has 1 aliphatic rings. The minimum atomic E-state index is -1.49. The second kappa shape index (κ2) is 5.95. The van der Waals surface area contributed by atoms with Crippen LogP contribution < -0.4 is 0 Å². The molecule has 1 N–H and O–H groups in total. The Morgan fingerprint density at radius 2 is 2.00 bits per heavy atom. The van der Waals surface area contributed by atoms with E-state index < -0.39 is 10.1 Å². The number of alkyl halides is 2. The largest absolute Gasteiger partial charge is 0.360 e. The minimum absolute atomic E-state index is 0. The molecular formula is C10H16Cl2O2V. The molecule has 0 amide bonds. The molecular weight excluding hydrogens is 274 g/mol. The Hall–Kier alpha value is 0.824. The first-order chi connectivity index (χ1) is 6.48. The predicted molar refractivity (Wildman–Crippen MR) is 58.6 cm³/mol. The summed E-state index contributed by atoms with van der Waals surface area (Å²) >= 11 is 12.0. The first-order valence-corrected chi connectivity index (χ1v) is 5.70. The van der Waals surface area contributed by atoms with Crippen molar-refractivity contribution < 1.29 is 28.4 Å². The summed E-state index contributed by atoms with van der Waals surface area (Å²) < 4.78 is 3.84. The van der Waals surface area contributed by atoms with Crippen LogP contribution in [0.1, 0.15) is 33.1 Å². The van der Waals surface area contributed by atoms with Crippen molar-refractivity contribution in [1.29, 1.82) is 0 Å². The molecule has 0 bridgehead atoms. The van der Waals surface area contributed by atoms with E-state index in [1.54, 1.807) is 13.0 Å². The molecule has 87 valence electrons. The molecule has 1 unspecified atom stereocenters. The third-order valence-electron chi connectivity index (χ3n) is 2.39. The number of halogens is 2. The van der Waals surface area contributed by atoms with Gasteiger partial charge in [-0.05, 0) is 31.4 Å². The van der Waals surface area contributed by atoms with Crippen LogP contribution in [-0.4, -0.2) is 21.8 Å². The monoisotopic (exact) mass is 289 g/mol. The summed E-state index contributed by atoms with van der Waals surface area (Å²) in [4.78, 5) is 0. The zero-order valence-electron chi connectivity index (χ0n) is 8.96. The summed E-state index contributed by atoms with van der Waals surface area (Å²) in [5.74, 6) is -1.49. The van der Waals surface area contributed by atoms with Gasteiger partial charge < -0.3 is 9.84 Å². The van der Waals surface area contributed by atoms with Crippen molar-refractivity contribution in [1.82, 2.24) is 0 Å². The Labute approximate surface area is 113 Å². The van der Waals surface area contributed by atoms with Gasteiger partial charge in [0.05, 0.1) is 0 Å². The van der Waals surface area contributed by atoms with Crippen LogP contribution in [0.25, 0.3) is 0 Å². The predicted octanol–water partition coefficient (Wildman–Crippen LogP) is 3.01. The molecule has 0 aromatic heterocycles. The van der Waals surface area contributed by atoms with E-state index in [9.17, 15) is 5.11 Å². The first kappa shape index (κ1) is 15.8. The molecule has 0 aliphatic heterocycles. The molecule has 1 atom stereocenters. The molecule has 0 saturated carbocycles. The maximum absolute atomic E-state index is 9.85. The van der Waals surface area contributed by atoms with Crippen molar-refractivity contribution in [2.24, 2.45) is 0 Å². The number of ether oxygens (including phenoxy) is 1. The quantitative estimate of drug-likeness (QED) is 0.479. The summed E-state index contributed by atoms with van der Waals surface area (Å²) in [5.41, 5.74) is 0.860. The first-order valence-electron chi connectivity index (χ1n) is 4.94. The second-order valence-electron chi connectivity index (χ2n) is 3.48. The molecule has 5 heteroatoms. The van der Waals surface area contributed by atoms with E-state index in [4.69, 9.17) is 27.9 Å². The smallest absolute Gasteiger partial charge is 0.223 e. The van der Waals surface area contributed by atoms with Gasteiger partial charge in [0.1, 0.15) is 0 Å². The van der Waals surface area contributed by atoms with Gasteiger partial charge >= 0.3 is 0 Å². The number of hydrogen-bond acceptors (Lipinski definition) is 2. The zero-order chi connectivity index (χ0) is 10.8. The molecule has 0 spiro atoms. The van der Waals surface area contributed by atoms with Gasteiger partial charge in [-0.1, -0.05) is 36.5 Å². The summed E-state index contributed by atoms with van der Waals surface area (Å²) in [5, 5.41) is 9.85. The Bertz CT molecular complexity index is 244. The Morgan fingerprint density at radius 1 is 1.40 bits per heavy atom. The van der Waals surface area contributed by atoms with Gasteiger partial charge in [0.15, 0.2) is 4.33 Å². The third-order valence-corrected chi connectivity index (χ3v) is 3.41. The Morgan fingerprint density at radius 3 is 2.40 bits per heavy atom. The van der Waals surface area contributed by atoms with Crippen molar-refractivity contribution in [2.75, 3.05) is 6.61 Å². The molecule has 0 fully saturated rings. The topological polar surface area (TPSA) is 29.5 Å². The van der Waals surface area contributed by atoms with Crippen molar-refractivity contribution in [2.45, 2.75) is 43.2 Å². The van der Waals surface area contributed by atoms with Crippen LogP contribution in [0.3, 0.4) is 0 Å². The maximum Gasteiger partial charge on any atom is 0.223 e. The van der Waals surface area contributed by atoms with Crippen LogP contribution >= 0.6 is 23.2 Å². The van der Waals surface area contributed by atoms with Gasteiger partial charge in [-0.3, -0.25) is 0 Å². The fourth-order valence-electron chi connectivity index (χ4n) is 1.52. The Balaban J connectivity index is 0.00000196. The van der Waals surface area contributed by atoms with E-state index in [1.807, 2.05) is 0 Å². The summed E-state index contributed by atoms with van der Waals surface area (Å²) in [6, 6.07) is 0. The normalized spacial score (nSPS) is 27.7. The number of aliphatic hydroxyl groups is 1. The Kier molecular flexibility index (Phi) is 6.28. The summed E-state index contributed by atoms with van der Waals surface area (Å²) in [7, 11) is 0. The standard InChI is InChI=1S/C10H16Cl2O2.V/c1-3-5-6-8-7-9(13,14-4-2)10(8,11)12;/h7,13H,3-6H2,1-2H3;. The van der Waals surface area contributed by atoms with E-state index in [0.717, 1.165) is 24.8 Å². The minimum Gasteiger partial charge on any atom is -0.360 e. The molecule has 0 aromatic carbocycles. The van der Waals surface area contributed by atoms with Crippen molar-refractivity contribution >= 4 is 23.2 Å². The van der Waals surface area contributed by atoms with Crippen molar-refractivity contribution in [3.63, 3.8) is 0 Å². The van der Waals surface area contributed by atoms with Gasteiger partial charge in [0.2, 0.25) is 5.79 Å². The molecule has 0 aromatic rings. The van der Waals surface area contributed by atoms with Gasteiger partial charge in [-0.25, -0.2) is 0 Å². The molecule has 0 saturated heterocycles. The molecule has 15 heavy (non-hydrogen) atoms. The fourth-order valence-corrected chi connectivity index (χ4v) is 2.03. The molecule has 1 aliphatic carbocycles. The van der Waals surface area contributed by atoms with Crippen LogP contribution in [0.4, 0.5) is 0 Å². The number of rotatable bonds is 5. The van der Waals surface area contributed by atoms with Crippen molar-refractivity contribution in [3.8, 4) is 0 Å². The van der Waals surface area contributed by atoms with E-state index in [-0.39, 0.29) is 18.6 Å². The SMILES string of the molecule is CCCCC1=CC(O)(OCC)C1(Cl)Cl.[V]. The van der Waals surface area contributed by atoms with Crippen LogP contribution in [-0.2, 0) is 23.3 Å². The maximum atomic E-state index is 9.85. The van der Waals surface area contributed by atoms with E-state index in [1.165, 1.54) is 0 Å². The van der Waals surface area contributed by atoms with Crippen LogP contribution in [0, 0.1) is 0 Å². The van der Waals surface area contributed by atoms with Crippen molar-refractivity contribution in [3.05, 3.63) is 11.6 Å². The van der Waals surface area contributed by atoms with Crippen LogP contribution in [0.2, 0.25) is 0 Å². The second-order valence-corrected chi connectivity index (χ2v) is 4.80. The number of hydrogen-bond donors (Lipinski definition) is 1. The zero-order valence-corrected chi connectivity index (χ0v) is 11.9. The van der Waals surface area contributed by atoms with Crippen LogP contribution in [0.5, 0.6) is 0 Å². The average Bonchev–Trinajstić information content (AvgIpc) is 2.12. The average molecular weight is 290 g/mol. The van der Waals surface area contributed by atoms with Gasteiger partial charge in [-0.15, -0.1) is 0 Å². The fraction of sp³-hybridized carbons (Fsp3) is 0.800. The van der Waals surface area contributed by atoms with Crippen LogP contribution in [0.15, 0.2) is 11.6 Å².